The highest BCUT2D eigenvalue weighted by Gasteiger charge is 2.20. The summed E-state index contributed by atoms with van der Waals surface area (Å²) in [5, 5.41) is 10.7. The van der Waals surface area contributed by atoms with Gasteiger partial charge in [-0.1, -0.05) is 0 Å². The van der Waals surface area contributed by atoms with Gasteiger partial charge in [-0.2, -0.15) is 0 Å². The molecule has 1 aliphatic rings. The highest BCUT2D eigenvalue weighted by atomic mass is 16.4. The van der Waals surface area contributed by atoms with Gasteiger partial charge in [0.2, 0.25) is 0 Å². The van der Waals surface area contributed by atoms with Gasteiger partial charge in [0.1, 0.15) is 5.78 Å². The molecule has 0 radical (unpaired) electrons. The minimum atomic E-state index is -0.976. The number of piperidine rings is 1. The highest BCUT2D eigenvalue weighted by molar-refractivity contribution is 5.79. The van der Waals surface area contributed by atoms with E-state index in [1.54, 1.807) is 0 Å². The Morgan fingerprint density at radius 2 is 2.13 bits per heavy atom. The zero-order valence-corrected chi connectivity index (χ0v) is 9.03. The molecule has 5 nitrogen and oxygen atoms in total. The lowest BCUT2D eigenvalue weighted by Gasteiger charge is -2.31. The zero-order valence-electron chi connectivity index (χ0n) is 9.03. The smallest absolute Gasteiger partial charge is 0.404 e. The third kappa shape index (κ3) is 4.29. The van der Waals surface area contributed by atoms with Crippen molar-refractivity contribution in [3.05, 3.63) is 0 Å². The summed E-state index contributed by atoms with van der Waals surface area (Å²) in [6.45, 7) is 4.17. The van der Waals surface area contributed by atoms with Crippen molar-refractivity contribution in [3.8, 4) is 0 Å². The van der Waals surface area contributed by atoms with E-state index in [4.69, 9.17) is 5.11 Å². The third-order valence-corrected chi connectivity index (χ3v) is 2.82. The van der Waals surface area contributed by atoms with Crippen molar-refractivity contribution in [1.29, 1.82) is 0 Å². The van der Waals surface area contributed by atoms with Crippen LogP contribution in [0.25, 0.3) is 0 Å². The molecular formula is C10H18N2O3. The number of carbonyl (C=O) groups excluding carboxylic acids is 1. The number of likely N-dealkylation sites (tertiary alicyclic amines) is 1. The maximum absolute atomic E-state index is 11.0. The van der Waals surface area contributed by atoms with E-state index in [-0.39, 0.29) is 0 Å². The molecule has 1 rings (SSSR count). The number of nitrogens with one attached hydrogen (secondary N) is 1. The summed E-state index contributed by atoms with van der Waals surface area (Å²) in [5.74, 6) is 0.335. The van der Waals surface area contributed by atoms with Crippen molar-refractivity contribution in [1.82, 2.24) is 10.2 Å². The Hall–Kier alpha value is -1.10. The van der Waals surface area contributed by atoms with Gasteiger partial charge in [0.05, 0.1) is 0 Å². The Bertz CT molecular complexity index is 233. The Balaban J connectivity index is 2.19. The molecule has 0 aliphatic carbocycles. The predicted octanol–water partition coefficient (Wildman–Crippen LogP) is 0.698. The summed E-state index contributed by atoms with van der Waals surface area (Å²) < 4.78 is 0. The lowest BCUT2D eigenvalue weighted by Crippen LogP contribution is -2.41. The average molecular weight is 214 g/mol. The van der Waals surface area contributed by atoms with E-state index in [0.29, 0.717) is 31.2 Å². The first-order valence-electron chi connectivity index (χ1n) is 5.32. The molecule has 1 heterocycles. The first-order valence-corrected chi connectivity index (χ1v) is 5.32. The molecule has 1 atom stereocenters. The monoisotopic (exact) mass is 214 g/mol. The molecule has 1 amide bonds. The Kier molecular flexibility index (Phi) is 4.55. The number of carboxylic acid groups (broad SMARTS) is 1. The summed E-state index contributed by atoms with van der Waals surface area (Å²) in [6, 6.07) is 0.338. The summed E-state index contributed by atoms with van der Waals surface area (Å²) in [7, 11) is 0. The van der Waals surface area contributed by atoms with Crippen LogP contribution >= 0.6 is 0 Å². The van der Waals surface area contributed by atoms with Gasteiger partial charge in [-0.05, 0) is 13.3 Å². The van der Waals surface area contributed by atoms with Gasteiger partial charge in [-0.25, -0.2) is 4.79 Å². The lowest BCUT2D eigenvalue weighted by molar-refractivity contribution is -0.121. The van der Waals surface area contributed by atoms with Crippen LogP contribution < -0.4 is 5.32 Å². The quantitative estimate of drug-likeness (QED) is 0.722. The summed E-state index contributed by atoms with van der Waals surface area (Å²) in [5.41, 5.74) is 0. The predicted molar refractivity (Wildman–Crippen MR) is 55.9 cm³/mol. The molecule has 0 aromatic rings. The second kappa shape index (κ2) is 5.70. The number of ketones is 1. The van der Waals surface area contributed by atoms with Crippen LogP contribution in [0.2, 0.25) is 0 Å². The van der Waals surface area contributed by atoms with E-state index in [0.717, 1.165) is 19.5 Å². The van der Waals surface area contributed by atoms with Gasteiger partial charge in [0.25, 0.3) is 0 Å². The van der Waals surface area contributed by atoms with Crippen LogP contribution in [0.3, 0.4) is 0 Å². The summed E-state index contributed by atoms with van der Waals surface area (Å²) in [4.78, 5) is 23.5. The fourth-order valence-electron chi connectivity index (χ4n) is 1.78. The van der Waals surface area contributed by atoms with Gasteiger partial charge < -0.3 is 10.4 Å². The molecule has 86 valence electrons. The maximum Gasteiger partial charge on any atom is 0.404 e. The Morgan fingerprint density at radius 3 is 2.67 bits per heavy atom. The van der Waals surface area contributed by atoms with E-state index in [1.165, 1.54) is 0 Å². The molecule has 0 spiro atoms. The van der Waals surface area contributed by atoms with Crippen LogP contribution in [0.1, 0.15) is 26.2 Å². The second-order valence-corrected chi connectivity index (χ2v) is 3.94. The van der Waals surface area contributed by atoms with Crippen LogP contribution in [-0.2, 0) is 4.79 Å². The highest BCUT2D eigenvalue weighted by Crippen LogP contribution is 2.11. The maximum atomic E-state index is 11.0. The largest absolute Gasteiger partial charge is 0.465 e. The van der Waals surface area contributed by atoms with Crippen LogP contribution in [-0.4, -0.2) is 47.6 Å². The van der Waals surface area contributed by atoms with Crippen molar-refractivity contribution in [3.63, 3.8) is 0 Å². The van der Waals surface area contributed by atoms with Crippen molar-refractivity contribution in [2.75, 3.05) is 19.6 Å². The third-order valence-electron chi connectivity index (χ3n) is 2.82. The summed E-state index contributed by atoms with van der Waals surface area (Å²) >= 11 is 0. The topological polar surface area (TPSA) is 69.6 Å². The van der Waals surface area contributed by atoms with E-state index >= 15 is 0 Å². The SMILES string of the molecule is CC(CCNC(=O)O)N1CCC(=O)CC1. The van der Waals surface area contributed by atoms with Crippen LogP contribution in [0.15, 0.2) is 0 Å². The minimum absolute atomic E-state index is 0.335. The van der Waals surface area contributed by atoms with Gasteiger partial charge in [-0.3, -0.25) is 9.69 Å². The normalized spacial score (nSPS) is 19.9. The standard InChI is InChI=1S/C10H18N2O3/c1-8(2-5-11-10(14)15)12-6-3-9(13)4-7-12/h8,11H,2-7H2,1H3,(H,14,15). The van der Waals surface area contributed by atoms with Gasteiger partial charge >= 0.3 is 6.09 Å². The molecule has 1 saturated heterocycles. The molecule has 15 heavy (non-hydrogen) atoms. The number of hydrogen-bond donors (Lipinski definition) is 2. The number of rotatable bonds is 4. The minimum Gasteiger partial charge on any atom is -0.465 e. The van der Waals surface area contributed by atoms with Crippen molar-refractivity contribution in [2.24, 2.45) is 0 Å². The van der Waals surface area contributed by atoms with Gasteiger partial charge in [0, 0.05) is 38.5 Å². The van der Waals surface area contributed by atoms with E-state index in [1.807, 2.05) is 0 Å². The Labute approximate surface area is 89.4 Å². The Morgan fingerprint density at radius 1 is 1.53 bits per heavy atom. The lowest BCUT2D eigenvalue weighted by atomic mass is 10.1. The van der Waals surface area contributed by atoms with Crippen molar-refractivity contribution < 1.29 is 14.7 Å². The number of hydrogen-bond acceptors (Lipinski definition) is 3. The van der Waals surface area contributed by atoms with E-state index < -0.39 is 6.09 Å². The van der Waals surface area contributed by atoms with Crippen LogP contribution in [0.5, 0.6) is 0 Å². The molecule has 0 aromatic heterocycles. The first kappa shape index (κ1) is 12.0. The van der Waals surface area contributed by atoms with Crippen molar-refractivity contribution >= 4 is 11.9 Å². The van der Waals surface area contributed by atoms with E-state index in [9.17, 15) is 9.59 Å². The average Bonchev–Trinajstić information content (AvgIpc) is 2.18. The fraction of sp³-hybridized carbons (Fsp3) is 0.800. The number of nitrogens with zero attached hydrogens (tertiary/aromatic N) is 1. The first-order chi connectivity index (χ1) is 7.09. The van der Waals surface area contributed by atoms with Crippen LogP contribution in [0.4, 0.5) is 4.79 Å². The molecule has 1 fully saturated rings. The molecule has 1 aliphatic heterocycles. The molecule has 1 unspecified atom stereocenters. The molecule has 5 heteroatoms. The molecule has 0 bridgehead atoms. The van der Waals surface area contributed by atoms with E-state index in [2.05, 4.69) is 17.1 Å². The molecular weight excluding hydrogens is 196 g/mol. The van der Waals surface area contributed by atoms with Gasteiger partial charge in [0.15, 0.2) is 0 Å². The summed E-state index contributed by atoms with van der Waals surface area (Å²) in [6.07, 6.45) is 1.09. The molecule has 0 aromatic carbocycles. The zero-order chi connectivity index (χ0) is 11.3. The fourth-order valence-corrected chi connectivity index (χ4v) is 1.78. The number of carbonyl (C=O) groups is 2. The molecule has 2 N–H and O–H groups in total. The van der Waals surface area contributed by atoms with Crippen LogP contribution in [0, 0.1) is 0 Å². The molecule has 0 saturated carbocycles. The van der Waals surface area contributed by atoms with Gasteiger partial charge in [-0.15, -0.1) is 0 Å². The number of amides is 1. The van der Waals surface area contributed by atoms with Crippen molar-refractivity contribution in [2.45, 2.75) is 32.2 Å². The second-order valence-electron chi connectivity index (χ2n) is 3.94. The number of Topliss-reactive ketones (excluding diaryl/α,β-unsaturated/α-hetero) is 1.